The highest BCUT2D eigenvalue weighted by Crippen LogP contribution is 2.24. The molecule has 0 radical (unpaired) electrons. The molecule has 0 spiro atoms. The molecule has 0 fully saturated rings. The molecule has 0 aliphatic rings. The Morgan fingerprint density at radius 3 is 2.45 bits per heavy atom. The molecule has 0 saturated carbocycles. The Morgan fingerprint density at radius 2 is 1.75 bits per heavy atom. The van der Waals surface area contributed by atoms with Gasteiger partial charge < -0.3 is 9.47 Å². The van der Waals surface area contributed by atoms with E-state index in [1.54, 1.807) is 13.8 Å². The number of esters is 1. The minimum absolute atomic E-state index is 0.349. The molecule has 0 amide bonds. The summed E-state index contributed by atoms with van der Waals surface area (Å²) in [7, 11) is 0. The van der Waals surface area contributed by atoms with E-state index in [0.717, 1.165) is 11.1 Å². The van der Waals surface area contributed by atoms with Crippen LogP contribution in [0.25, 0.3) is 11.1 Å². The standard InChI is InChI=1S/C17H18O3/c1-3-19-17(18)13(2)20-16-11-7-10-15(12-16)14-8-5-4-6-9-14/h4-13H,3H2,1-2H3/t13-/m1/s1. The maximum absolute atomic E-state index is 11.6. The van der Waals surface area contributed by atoms with Gasteiger partial charge in [-0.15, -0.1) is 0 Å². The number of carbonyl (C=O) groups is 1. The van der Waals surface area contributed by atoms with Crippen molar-refractivity contribution in [2.75, 3.05) is 6.61 Å². The molecule has 0 unspecified atom stereocenters. The molecule has 104 valence electrons. The molecule has 0 aliphatic carbocycles. The third-order valence-corrected chi connectivity index (χ3v) is 2.87. The minimum Gasteiger partial charge on any atom is -0.479 e. The summed E-state index contributed by atoms with van der Waals surface area (Å²) in [5.74, 6) is 0.310. The van der Waals surface area contributed by atoms with E-state index in [1.807, 2.05) is 54.6 Å². The summed E-state index contributed by atoms with van der Waals surface area (Å²) >= 11 is 0. The molecule has 2 aromatic carbocycles. The zero-order chi connectivity index (χ0) is 14.4. The van der Waals surface area contributed by atoms with Gasteiger partial charge in [-0.05, 0) is 37.1 Å². The van der Waals surface area contributed by atoms with Crippen molar-refractivity contribution >= 4 is 5.97 Å². The van der Waals surface area contributed by atoms with Gasteiger partial charge in [0.15, 0.2) is 6.10 Å². The molecule has 0 aromatic heterocycles. The zero-order valence-corrected chi connectivity index (χ0v) is 11.7. The van der Waals surface area contributed by atoms with Crippen LogP contribution in [0.2, 0.25) is 0 Å². The van der Waals surface area contributed by atoms with Gasteiger partial charge in [0.1, 0.15) is 5.75 Å². The summed E-state index contributed by atoms with van der Waals surface area (Å²) in [6.07, 6.45) is -0.610. The highest BCUT2D eigenvalue weighted by Gasteiger charge is 2.15. The fourth-order valence-corrected chi connectivity index (χ4v) is 1.89. The van der Waals surface area contributed by atoms with E-state index in [0.29, 0.717) is 12.4 Å². The van der Waals surface area contributed by atoms with Crippen LogP contribution < -0.4 is 4.74 Å². The van der Waals surface area contributed by atoms with Gasteiger partial charge in [-0.1, -0.05) is 42.5 Å². The maximum atomic E-state index is 11.6. The van der Waals surface area contributed by atoms with Crippen LogP contribution in [0.1, 0.15) is 13.8 Å². The van der Waals surface area contributed by atoms with Gasteiger partial charge in [-0.2, -0.15) is 0 Å². The van der Waals surface area contributed by atoms with E-state index in [2.05, 4.69) is 0 Å². The van der Waals surface area contributed by atoms with Crippen LogP contribution in [0.15, 0.2) is 54.6 Å². The molecule has 0 heterocycles. The van der Waals surface area contributed by atoms with E-state index in [-0.39, 0.29) is 5.97 Å². The molecule has 20 heavy (non-hydrogen) atoms. The van der Waals surface area contributed by atoms with Crippen molar-refractivity contribution in [1.29, 1.82) is 0 Å². The first-order valence-corrected chi connectivity index (χ1v) is 6.69. The van der Waals surface area contributed by atoms with E-state index >= 15 is 0 Å². The Kier molecular flexibility index (Phi) is 4.77. The van der Waals surface area contributed by atoms with Crippen molar-refractivity contribution < 1.29 is 14.3 Å². The molecule has 0 bridgehead atoms. The average Bonchev–Trinajstić information content (AvgIpc) is 2.48. The van der Waals surface area contributed by atoms with Gasteiger partial charge >= 0.3 is 5.97 Å². The smallest absolute Gasteiger partial charge is 0.347 e. The lowest BCUT2D eigenvalue weighted by atomic mass is 10.1. The summed E-state index contributed by atoms with van der Waals surface area (Å²) in [6, 6.07) is 17.7. The molecule has 3 heteroatoms. The first kappa shape index (κ1) is 14.1. The Bertz CT molecular complexity index is 563. The SMILES string of the molecule is CCOC(=O)[C@@H](C)Oc1cccc(-c2ccccc2)c1. The maximum Gasteiger partial charge on any atom is 0.347 e. The average molecular weight is 270 g/mol. The molecule has 1 atom stereocenters. The first-order valence-electron chi connectivity index (χ1n) is 6.69. The number of hydrogen-bond donors (Lipinski definition) is 0. The van der Waals surface area contributed by atoms with E-state index < -0.39 is 6.10 Å². The van der Waals surface area contributed by atoms with Crippen molar-refractivity contribution in [3.63, 3.8) is 0 Å². The molecule has 2 rings (SSSR count). The van der Waals surface area contributed by atoms with Crippen LogP contribution in [0.3, 0.4) is 0 Å². The molecular formula is C17H18O3. The molecule has 0 saturated heterocycles. The molecule has 0 aliphatic heterocycles. The number of ether oxygens (including phenoxy) is 2. The quantitative estimate of drug-likeness (QED) is 0.777. The summed E-state index contributed by atoms with van der Waals surface area (Å²) in [5.41, 5.74) is 2.17. The first-order chi connectivity index (χ1) is 9.70. The second-order valence-electron chi connectivity index (χ2n) is 4.41. The Labute approximate surface area is 119 Å². The predicted octanol–water partition coefficient (Wildman–Crippen LogP) is 3.68. The van der Waals surface area contributed by atoms with Crippen molar-refractivity contribution in [2.45, 2.75) is 20.0 Å². The lowest BCUT2D eigenvalue weighted by Crippen LogP contribution is -2.26. The molecule has 0 N–H and O–H groups in total. The van der Waals surface area contributed by atoms with Crippen LogP contribution in [0, 0.1) is 0 Å². The Balaban J connectivity index is 2.12. The van der Waals surface area contributed by atoms with Crippen LogP contribution in [-0.4, -0.2) is 18.7 Å². The monoisotopic (exact) mass is 270 g/mol. The van der Waals surface area contributed by atoms with Crippen LogP contribution in [0.5, 0.6) is 5.75 Å². The van der Waals surface area contributed by atoms with Crippen LogP contribution in [0.4, 0.5) is 0 Å². The van der Waals surface area contributed by atoms with Crippen molar-refractivity contribution in [3.05, 3.63) is 54.6 Å². The van der Waals surface area contributed by atoms with Crippen LogP contribution >= 0.6 is 0 Å². The fraction of sp³-hybridized carbons (Fsp3) is 0.235. The second kappa shape index (κ2) is 6.75. The Morgan fingerprint density at radius 1 is 1.05 bits per heavy atom. The summed E-state index contributed by atoms with van der Waals surface area (Å²) < 4.78 is 10.5. The van der Waals surface area contributed by atoms with Gasteiger partial charge in [-0.3, -0.25) is 0 Å². The zero-order valence-electron chi connectivity index (χ0n) is 11.7. The normalized spacial score (nSPS) is 11.7. The fourth-order valence-electron chi connectivity index (χ4n) is 1.89. The molecule has 3 nitrogen and oxygen atoms in total. The van der Waals surface area contributed by atoms with E-state index in [4.69, 9.17) is 9.47 Å². The lowest BCUT2D eigenvalue weighted by Gasteiger charge is -2.14. The number of carbonyl (C=O) groups excluding carboxylic acids is 1. The molecule has 2 aromatic rings. The number of hydrogen-bond acceptors (Lipinski definition) is 3. The minimum atomic E-state index is -0.610. The van der Waals surface area contributed by atoms with Gasteiger partial charge in [0.25, 0.3) is 0 Å². The Hall–Kier alpha value is -2.29. The lowest BCUT2D eigenvalue weighted by molar-refractivity contribution is -0.150. The molecular weight excluding hydrogens is 252 g/mol. The van der Waals surface area contributed by atoms with Gasteiger partial charge in [-0.25, -0.2) is 4.79 Å². The van der Waals surface area contributed by atoms with Crippen LogP contribution in [-0.2, 0) is 9.53 Å². The van der Waals surface area contributed by atoms with E-state index in [1.165, 1.54) is 0 Å². The summed E-state index contributed by atoms with van der Waals surface area (Å²) in [6.45, 7) is 3.82. The topological polar surface area (TPSA) is 35.5 Å². The third kappa shape index (κ3) is 3.60. The van der Waals surface area contributed by atoms with Gasteiger partial charge in [0, 0.05) is 0 Å². The number of rotatable bonds is 5. The van der Waals surface area contributed by atoms with Gasteiger partial charge in [0.05, 0.1) is 6.61 Å². The third-order valence-electron chi connectivity index (χ3n) is 2.87. The second-order valence-corrected chi connectivity index (χ2v) is 4.41. The van der Waals surface area contributed by atoms with Crippen molar-refractivity contribution in [3.8, 4) is 16.9 Å². The van der Waals surface area contributed by atoms with Crippen molar-refractivity contribution in [2.24, 2.45) is 0 Å². The summed E-state index contributed by atoms with van der Waals surface area (Å²) in [5, 5.41) is 0. The predicted molar refractivity (Wildman–Crippen MR) is 78.6 cm³/mol. The summed E-state index contributed by atoms with van der Waals surface area (Å²) in [4.78, 5) is 11.6. The van der Waals surface area contributed by atoms with Gasteiger partial charge in [0.2, 0.25) is 0 Å². The van der Waals surface area contributed by atoms with E-state index in [9.17, 15) is 4.79 Å². The number of benzene rings is 2. The highest BCUT2D eigenvalue weighted by molar-refractivity contribution is 5.74. The van der Waals surface area contributed by atoms with Crippen molar-refractivity contribution in [1.82, 2.24) is 0 Å². The largest absolute Gasteiger partial charge is 0.479 e. The highest BCUT2D eigenvalue weighted by atomic mass is 16.6.